The Morgan fingerprint density at radius 2 is 1.91 bits per heavy atom. The summed E-state index contributed by atoms with van der Waals surface area (Å²) in [7, 11) is 0. The van der Waals surface area contributed by atoms with Crippen molar-refractivity contribution >= 4 is 16.9 Å². The number of alkyl halides is 2. The zero-order valence-electron chi connectivity index (χ0n) is 17.7. The molecule has 9 nitrogen and oxygen atoms in total. The molecule has 3 aromatic heterocycles. The summed E-state index contributed by atoms with van der Waals surface area (Å²) in [6.07, 6.45) is 2.92. The molecular formula is C21H22F2N8O. The fraction of sp³-hybridized carbons (Fsp3) is 0.381. The third-order valence-electron chi connectivity index (χ3n) is 5.83. The van der Waals surface area contributed by atoms with Gasteiger partial charge in [0.1, 0.15) is 17.7 Å². The number of fused-ring (bicyclic) bond motifs is 1. The molecule has 0 spiro atoms. The Bertz CT molecular complexity index is 1250. The molecule has 4 heterocycles. The van der Waals surface area contributed by atoms with E-state index in [1.165, 1.54) is 6.20 Å². The highest BCUT2D eigenvalue weighted by Gasteiger charge is 2.22. The summed E-state index contributed by atoms with van der Waals surface area (Å²) >= 11 is 0. The molecule has 0 N–H and O–H groups in total. The van der Waals surface area contributed by atoms with Crippen LogP contribution in [0.2, 0.25) is 0 Å². The van der Waals surface area contributed by atoms with E-state index in [1.54, 1.807) is 24.5 Å². The third-order valence-corrected chi connectivity index (χ3v) is 5.83. The molecule has 5 rings (SSSR count). The van der Waals surface area contributed by atoms with Crippen LogP contribution in [-0.2, 0) is 6.54 Å². The van der Waals surface area contributed by atoms with Crippen LogP contribution in [0.15, 0.2) is 35.1 Å². The Hall–Kier alpha value is -3.47. The lowest BCUT2D eigenvalue weighted by atomic mass is 10.1. The van der Waals surface area contributed by atoms with Gasteiger partial charge in [-0.1, -0.05) is 11.3 Å². The fourth-order valence-electron chi connectivity index (χ4n) is 3.95. The van der Waals surface area contributed by atoms with Gasteiger partial charge in [-0.15, -0.1) is 5.10 Å². The van der Waals surface area contributed by atoms with Crippen LogP contribution in [0.1, 0.15) is 23.7 Å². The van der Waals surface area contributed by atoms with Crippen LogP contribution < -0.4 is 4.90 Å². The highest BCUT2D eigenvalue weighted by atomic mass is 19.3. The average Bonchev–Trinajstić information content (AvgIpc) is 3.42. The summed E-state index contributed by atoms with van der Waals surface area (Å²) in [4.78, 5) is 17.8. The molecule has 0 unspecified atom stereocenters. The van der Waals surface area contributed by atoms with Crippen molar-refractivity contribution in [3.05, 3.63) is 47.9 Å². The van der Waals surface area contributed by atoms with Crippen LogP contribution in [0, 0.1) is 13.8 Å². The zero-order chi connectivity index (χ0) is 22.2. The summed E-state index contributed by atoms with van der Waals surface area (Å²) in [6, 6.07) is 5.18. The van der Waals surface area contributed by atoms with E-state index in [1.807, 2.05) is 13.8 Å². The summed E-state index contributed by atoms with van der Waals surface area (Å²) in [5, 5.41) is 7.03. The number of anilines is 1. The molecule has 0 amide bonds. The maximum absolute atomic E-state index is 13.1. The molecule has 4 aromatic rings. The molecule has 0 bridgehead atoms. The van der Waals surface area contributed by atoms with Gasteiger partial charge in [0, 0.05) is 43.0 Å². The molecule has 0 atom stereocenters. The Morgan fingerprint density at radius 3 is 2.69 bits per heavy atom. The topological polar surface area (TPSA) is 89.0 Å². The molecule has 0 aliphatic carbocycles. The standard InChI is InChI=1S/C21H22F2N8O/c1-13-14(2)24-12-25-20(13)30-7-5-29(6-8-30)11-19-27-16-4-3-15(9-18(16)32-19)17-10-26-28-31(17)21(22)23/h3-4,9-10,12,21H,5-8,11H2,1-2H3. The second-order valence-corrected chi connectivity index (χ2v) is 7.80. The Kier molecular flexibility index (Phi) is 5.25. The van der Waals surface area contributed by atoms with Crippen LogP contribution in [0.4, 0.5) is 14.6 Å². The SMILES string of the molecule is Cc1ncnc(N2CCN(Cc3nc4ccc(-c5cnnn5C(F)F)cc4o3)CC2)c1C. The number of oxazole rings is 1. The normalized spacial score (nSPS) is 15.2. The Labute approximate surface area is 182 Å². The van der Waals surface area contributed by atoms with Gasteiger partial charge >= 0.3 is 6.55 Å². The summed E-state index contributed by atoms with van der Waals surface area (Å²) in [5.74, 6) is 1.59. The maximum Gasteiger partial charge on any atom is 0.335 e. The minimum atomic E-state index is -2.76. The lowest BCUT2D eigenvalue weighted by molar-refractivity contribution is 0.0565. The van der Waals surface area contributed by atoms with E-state index in [0.717, 1.165) is 43.3 Å². The second-order valence-electron chi connectivity index (χ2n) is 7.80. The molecule has 1 saturated heterocycles. The highest BCUT2D eigenvalue weighted by Crippen LogP contribution is 2.27. The van der Waals surface area contributed by atoms with Crippen molar-refractivity contribution in [2.75, 3.05) is 31.1 Å². The van der Waals surface area contributed by atoms with E-state index in [-0.39, 0.29) is 5.69 Å². The number of hydrogen-bond donors (Lipinski definition) is 0. The third kappa shape index (κ3) is 3.79. The largest absolute Gasteiger partial charge is 0.439 e. The molecule has 0 radical (unpaired) electrons. The molecular weight excluding hydrogens is 418 g/mol. The van der Waals surface area contributed by atoms with E-state index < -0.39 is 6.55 Å². The van der Waals surface area contributed by atoms with Crippen molar-refractivity contribution < 1.29 is 13.2 Å². The van der Waals surface area contributed by atoms with Crippen molar-refractivity contribution in [3.63, 3.8) is 0 Å². The van der Waals surface area contributed by atoms with Crippen LogP contribution in [0.25, 0.3) is 22.4 Å². The predicted octanol–water partition coefficient (Wildman–Crippen LogP) is 3.21. The van der Waals surface area contributed by atoms with Crippen molar-refractivity contribution in [1.82, 2.24) is 34.8 Å². The zero-order valence-corrected chi connectivity index (χ0v) is 17.7. The molecule has 166 valence electrons. The molecule has 1 fully saturated rings. The summed E-state index contributed by atoms with van der Waals surface area (Å²) in [5.41, 5.74) is 4.12. The molecule has 1 aromatic carbocycles. The van der Waals surface area contributed by atoms with E-state index in [9.17, 15) is 8.78 Å². The summed E-state index contributed by atoms with van der Waals surface area (Å²) in [6.45, 7) is 5.27. The first kappa shape index (κ1) is 20.4. The number of piperazine rings is 1. The van der Waals surface area contributed by atoms with Gasteiger partial charge in [0.25, 0.3) is 0 Å². The van der Waals surface area contributed by atoms with Gasteiger partial charge in [0.2, 0.25) is 5.89 Å². The quantitative estimate of drug-likeness (QED) is 0.467. The Morgan fingerprint density at radius 1 is 1.09 bits per heavy atom. The lowest BCUT2D eigenvalue weighted by Crippen LogP contribution is -2.46. The fourth-order valence-corrected chi connectivity index (χ4v) is 3.95. The van der Waals surface area contributed by atoms with Crippen LogP contribution in [0.3, 0.4) is 0 Å². The van der Waals surface area contributed by atoms with Crippen molar-refractivity contribution in [2.45, 2.75) is 26.9 Å². The van der Waals surface area contributed by atoms with Gasteiger partial charge in [0.15, 0.2) is 5.58 Å². The average molecular weight is 440 g/mol. The molecule has 1 aliphatic rings. The van der Waals surface area contributed by atoms with E-state index in [0.29, 0.717) is 33.8 Å². The van der Waals surface area contributed by atoms with Gasteiger partial charge in [-0.25, -0.2) is 15.0 Å². The lowest BCUT2D eigenvalue weighted by Gasteiger charge is -2.35. The van der Waals surface area contributed by atoms with Crippen LogP contribution in [0.5, 0.6) is 0 Å². The number of rotatable bonds is 5. The van der Waals surface area contributed by atoms with Crippen LogP contribution in [-0.4, -0.2) is 61.0 Å². The Balaban J connectivity index is 1.28. The van der Waals surface area contributed by atoms with Gasteiger partial charge in [-0.05, 0) is 26.0 Å². The van der Waals surface area contributed by atoms with Crippen LogP contribution >= 0.6 is 0 Å². The number of aryl methyl sites for hydroxylation is 1. The van der Waals surface area contributed by atoms with Gasteiger partial charge < -0.3 is 9.32 Å². The van der Waals surface area contributed by atoms with E-state index in [2.05, 4.69) is 35.1 Å². The number of hydrogen-bond acceptors (Lipinski definition) is 8. The molecule has 0 saturated carbocycles. The monoisotopic (exact) mass is 440 g/mol. The van der Waals surface area contributed by atoms with Gasteiger partial charge in [0.05, 0.1) is 18.4 Å². The molecule has 11 heteroatoms. The first-order chi connectivity index (χ1) is 15.5. The molecule has 1 aliphatic heterocycles. The number of halogens is 2. The molecule has 32 heavy (non-hydrogen) atoms. The van der Waals surface area contributed by atoms with Gasteiger partial charge in [-0.3, -0.25) is 4.90 Å². The van der Waals surface area contributed by atoms with E-state index in [4.69, 9.17) is 4.42 Å². The van der Waals surface area contributed by atoms with Gasteiger partial charge in [-0.2, -0.15) is 13.5 Å². The second kappa shape index (κ2) is 8.23. The number of benzene rings is 1. The smallest absolute Gasteiger partial charge is 0.335 e. The first-order valence-electron chi connectivity index (χ1n) is 10.3. The number of nitrogens with zero attached hydrogens (tertiary/aromatic N) is 8. The van der Waals surface area contributed by atoms with E-state index >= 15 is 0 Å². The summed E-state index contributed by atoms with van der Waals surface area (Å²) < 4.78 is 32.7. The van der Waals surface area contributed by atoms with Crippen molar-refractivity contribution in [2.24, 2.45) is 0 Å². The first-order valence-corrected chi connectivity index (χ1v) is 10.3. The highest BCUT2D eigenvalue weighted by molar-refractivity contribution is 5.79. The number of aromatic nitrogens is 6. The predicted molar refractivity (Wildman–Crippen MR) is 113 cm³/mol. The van der Waals surface area contributed by atoms with Crippen molar-refractivity contribution in [1.29, 1.82) is 0 Å². The maximum atomic E-state index is 13.1. The minimum Gasteiger partial charge on any atom is -0.439 e. The van der Waals surface area contributed by atoms with Crippen molar-refractivity contribution in [3.8, 4) is 11.3 Å². The minimum absolute atomic E-state index is 0.228.